The Morgan fingerprint density at radius 3 is 2.47 bits per heavy atom. The van der Waals surface area contributed by atoms with Gasteiger partial charge in [-0.3, -0.25) is 0 Å². The summed E-state index contributed by atoms with van der Waals surface area (Å²) in [7, 11) is 1.61. The van der Waals surface area contributed by atoms with E-state index < -0.39 is 11.6 Å². The third-order valence-electron chi connectivity index (χ3n) is 2.82. The zero-order chi connectivity index (χ0) is 13.7. The molecule has 0 fully saturated rings. The Bertz CT molecular complexity index is 540. The Morgan fingerprint density at radius 2 is 1.79 bits per heavy atom. The molecule has 2 aromatic rings. The van der Waals surface area contributed by atoms with Gasteiger partial charge in [-0.25, -0.2) is 8.78 Å². The van der Waals surface area contributed by atoms with E-state index in [9.17, 15) is 8.78 Å². The summed E-state index contributed by atoms with van der Waals surface area (Å²) >= 11 is 0. The summed E-state index contributed by atoms with van der Waals surface area (Å²) in [6.07, 6.45) is 0.722. The quantitative estimate of drug-likeness (QED) is 0.889. The molecule has 0 saturated heterocycles. The number of methoxy groups -OCH3 is 1. The van der Waals surface area contributed by atoms with Crippen LogP contribution in [0.3, 0.4) is 0 Å². The van der Waals surface area contributed by atoms with Gasteiger partial charge in [0.25, 0.3) is 0 Å². The molecule has 1 N–H and O–H groups in total. The third-order valence-corrected chi connectivity index (χ3v) is 2.82. The van der Waals surface area contributed by atoms with E-state index in [0.29, 0.717) is 6.54 Å². The average molecular weight is 263 g/mol. The molecule has 2 nitrogen and oxygen atoms in total. The minimum absolute atomic E-state index is 0.188. The van der Waals surface area contributed by atoms with Gasteiger partial charge >= 0.3 is 0 Å². The SMILES string of the molecule is COc1ccc(CCNc2cc(F)ccc2F)cc1. The summed E-state index contributed by atoms with van der Waals surface area (Å²) in [4.78, 5) is 0. The molecule has 2 aromatic carbocycles. The molecule has 0 atom stereocenters. The highest BCUT2D eigenvalue weighted by Crippen LogP contribution is 2.16. The third kappa shape index (κ3) is 3.68. The van der Waals surface area contributed by atoms with E-state index in [4.69, 9.17) is 4.74 Å². The lowest BCUT2D eigenvalue weighted by molar-refractivity contribution is 0.414. The summed E-state index contributed by atoms with van der Waals surface area (Å²) in [6.45, 7) is 0.534. The maximum Gasteiger partial charge on any atom is 0.146 e. The number of nitrogens with one attached hydrogen (secondary N) is 1. The highest BCUT2D eigenvalue weighted by Gasteiger charge is 2.03. The highest BCUT2D eigenvalue weighted by molar-refractivity contribution is 5.45. The lowest BCUT2D eigenvalue weighted by Gasteiger charge is -2.08. The number of halogens is 2. The van der Waals surface area contributed by atoms with Crippen molar-refractivity contribution < 1.29 is 13.5 Å². The molecule has 0 heterocycles. The van der Waals surface area contributed by atoms with Crippen LogP contribution >= 0.6 is 0 Å². The first-order chi connectivity index (χ1) is 9.19. The van der Waals surface area contributed by atoms with Gasteiger partial charge in [0.05, 0.1) is 12.8 Å². The van der Waals surface area contributed by atoms with E-state index in [0.717, 1.165) is 35.9 Å². The first-order valence-corrected chi connectivity index (χ1v) is 6.01. The van der Waals surface area contributed by atoms with Crippen molar-refractivity contribution in [3.8, 4) is 5.75 Å². The van der Waals surface area contributed by atoms with Crippen LogP contribution in [0.1, 0.15) is 5.56 Å². The standard InChI is InChI=1S/C15H15F2NO/c1-19-13-5-2-11(3-6-13)8-9-18-15-10-12(16)4-7-14(15)17/h2-7,10,18H,8-9H2,1H3. The Labute approximate surface area is 111 Å². The molecule has 0 bridgehead atoms. The molecule has 0 spiro atoms. The number of hydrogen-bond donors (Lipinski definition) is 1. The van der Waals surface area contributed by atoms with E-state index in [1.807, 2.05) is 24.3 Å². The molecule has 0 saturated carbocycles. The largest absolute Gasteiger partial charge is 0.497 e. The minimum Gasteiger partial charge on any atom is -0.497 e. The minimum atomic E-state index is -0.451. The molecule has 2 rings (SSSR count). The Morgan fingerprint density at radius 1 is 1.05 bits per heavy atom. The molecular weight excluding hydrogens is 248 g/mol. The zero-order valence-electron chi connectivity index (χ0n) is 10.6. The number of anilines is 1. The molecule has 0 radical (unpaired) electrons. The van der Waals surface area contributed by atoms with Gasteiger partial charge in [0.2, 0.25) is 0 Å². The van der Waals surface area contributed by atoms with Crippen molar-refractivity contribution in [2.24, 2.45) is 0 Å². The van der Waals surface area contributed by atoms with Crippen molar-refractivity contribution in [1.29, 1.82) is 0 Å². The molecule has 0 unspecified atom stereocenters. The topological polar surface area (TPSA) is 21.3 Å². The van der Waals surface area contributed by atoms with Crippen LogP contribution in [0.5, 0.6) is 5.75 Å². The summed E-state index contributed by atoms with van der Waals surface area (Å²) in [5.41, 5.74) is 1.29. The average Bonchev–Trinajstić information content (AvgIpc) is 2.43. The molecule has 0 aliphatic carbocycles. The molecule has 100 valence electrons. The molecular formula is C15H15F2NO. The van der Waals surface area contributed by atoms with Crippen LogP contribution in [-0.2, 0) is 6.42 Å². The highest BCUT2D eigenvalue weighted by atomic mass is 19.1. The van der Waals surface area contributed by atoms with Gasteiger partial charge < -0.3 is 10.1 Å². The fourth-order valence-corrected chi connectivity index (χ4v) is 1.77. The summed E-state index contributed by atoms with van der Waals surface area (Å²) in [5, 5.41) is 2.88. The monoisotopic (exact) mass is 263 g/mol. The van der Waals surface area contributed by atoms with Crippen LogP contribution < -0.4 is 10.1 Å². The van der Waals surface area contributed by atoms with Crippen LogP contribution in [0.25, 0.3) is 0 Å². The molecule has 0 aromatic heterocycles. The van der Waals surface area contributed by atoms with E-state index >= 15 is 0 Å². The van der Waals surface area contributed by atoms with Gasteiger partial charge in [-0.1, -0.05) is 12.1 Å². The van der Waals surface area contributed by atoms with Crippen LogP contribution in [0, 0.1) is 11.6 Å². The fraction of sp³-hybridized carbons (Fsp3) is 0.200. The van der Waals surface area contributed by atoms with Gasteiger partial charge in [0.15, 0.2) is 0 Å². The maximum atomic E-state index is 13.3. The van der Waals surface area contributed by atoms with E-state index in [-0.39, 0.29) is 5.69 Å². The lowest BCUT2D eigenvalue weighted by atomic mass is 10.1. The second-order valence-corrected chi connectivity index (χ2v) is 4.15. The summed E-state index contributed by atoms with van der Waals surface area (Å²) < 4.78 is 31.4. The van der Waals surface area contributed by atoms with Crippen molar-refractivity contribution in [3.63, 3.8) is 0 Å². The Kier molecular flexibility index (Phi) is 4.34. The van der Waals surface area contributed by atoms with E-state index in [1.165, 1.54) is 0 Å². The zero-order valence-corrected chi connectivity index (χ0v) is 10.6. The summed E-state index contributed by atoms with van der Waals surface area (Å²) in [5.74, 6) is -0.0997. The normalized spacial score (nSPS) is 10.3. The van der Waals surface area contributed by atoms with E-state index in [2.05, 4.69) is 5.32 Å². The Balaban J connectivity index is 1.90. The Hall–Kier alpha value is -2.10. The second kappa shape index (κ2) is 6.18. The smallest absolute Gasteiger partial charge is 0.146 e. The number of ether oxygens (including phenoxy) is 1. The number of hydrogen-bond acceptors (Lipinski definition) is 2. The van der Waals surface area contributed by atoms with Crippen molar-refractivity contribution in [2.75, 3.05) is 19.0 Å². The molecule has 19 heavy (non-hydrogen) atoms. The molecule has 0 aliphatic rings. The van der Waals surface area contributed by atoms with Gasteiger partial charge in [-0.05, 0) is 42.3 Å². The predicted octanol–water partition coefficient (Wildman–Crippen LogP) is 3.63. The molecule has 4 heteroatoms. The van der Waals surface area contributed by atoms with Crippen LogP contribution in [0.15, 0.2) is 42.5 Å². The molecule has 0 aliphatic heterocycles. The molecule has 0 amide bonds. The van der Waals surface area contributed by atoms with Crippen molar-refractivity contribution in [3.05, 3.63) is 59.7 Å². The van der Waals surface area contributed by atoms with Crippen LogP contribution in [0.2, 0.25) is 0 Å². The predicted molar refractivity (Wildman–Crippen MR) is 71.5 cm³/mol. The number of rotatable bonds is 5. The van der Waals surface area contributed by atoms with E-state index in [1.54, 1.807) is 7.11 Å². The number of benzene rings is 2. The van der Waals surface area contributed by atoms with Crippen molar-refractivity contribution in [2.45, 2.75) is 6.42 Å². The first kappa shape index (κ1) is 13.3. The van der Waals surface area contributed by atoms with Crippen LogP contribution in [0.4, 0.5) is 14.5 Å². The van der Waals surface area contributed by atoms with Gasteiger partial charge in [0.1, 0.15) is 17.4 Å². The second-order valence-electron chi connectivity index (χ2n) is 4.15. The maximum absolute atomic E-state index is 13.3. The van der Waals surface area contributed by atoms with Crippen molar-refractivity contribution >= 4 is 5.69 Å². The lowest BCUT2D eigenvalue weighted by Crippen LogP contribution is -2.06. The van der Waals surface area contributed by atoms with Gasteiger partial charge in [-0.2, -0.15) is 0 Å². The van der Waals surface area contributed by atoms with Gasteiger partial charge in [0, 0.05) is 6.54 Å². The van der Waals surface area contributed by atoms with Crippen molar-refractivity contribution in [1.82, 2.24) is 0 Å². The fourth-order valence-electron chi connectivity index (χ4n) is 1.77. The summed E-state index contributed by atoms with van der Waals surface area (Å²) in [6, 6.07) is 11.0. The van der Waals surface area contributed by atoms with Crippen LogP contribution in [-0.4, -0.2) is 13.7 Å². The first-order valence-electron chi connectivity index (χ1n) is 6.01. The van der Waals surface area contributed by atoms with Gasteiger partial charge in [-0.15, -0.1) is 0 Å².